The van der Waals surface area contributed by atoms with E-state index in [1.165, 1.54) is 0 Å². The maximum atomic E-state index is 6.38. The Labute approximate surface area is 135 Å². The van der Waals surface area contributed by atoms with Crippen LogP contribution in [0.15, 0.2) is 0 Å². The maximum absolute atomic E-state index is 6.38. The van der Waals surface area contributed by atoms with E-state index < -0.39 is 40.2 Å². The second-order valence-corrected chi connectivity index (χ2v) is 24.0. The van der Waals surface area contributed by atoms with Crippen molar-refractivity contribution in [1.82, 2.24) is 0 Å². The van der Waals surface area contributed by atoms with Gasteiger partial charge >= 0.3 is 9.28 Å². The van der Waals surface area contributed by atoms with Crippen molar-refractivity contribution in [3.05, 3.63) is 0 Å². The SMILES string of the molecule is C[Si](C)(C)O[Si]1CCCC(O[Si](C)(C)C)(O[Si](C)(C)C)O1. The molecule has 0 aliphatic carbocycles. The second kappa shape index (κ2) is 6.68. The summed E-state index contributed by atoms with van der Waals surface area (Å²) in [4.78, 5) is 0. The summed E-state index contributed by atoms with van der Waals surface area (Å²) >= 11 is 0. The van der Waals surface area contributed by atoms with Crippen molar-refractivity contribution in [2.24, 2.45) is 0 Å². The highest BCUT2D eigenvalue weighted by Gasteiger charge is 2.47. The van der Waals surface area contributed by atoms with Crippen LogP contribution in [0, 0.1) is 0 Å². The van der Waals surface area contributed by atoms with Gasteiger partial charge in [-0.2, -0.15) is 0 Å². The first-order chi connectivity index (χ1) is 9.20. The summed E-state index contributed by atoms with van der Waals surface area (Å²) in [7, 11) is -6.41. The summed E-state index contributed by atoms with van der Waals surface area (Å²) in [5.74, 6) is -0.846. The third kappa shape index (κ3) is 8.21. The Morgan fingerprint density at radius 3 is 1.67 bits per heavy atom. The zero-order valence-corrected chi connectivity index (χ0v) is 19.3. The Morgan fingerprint density at radius 1 is 0.810 bits per heavy atom. The van der Waals surface area contributed by atoms with Crippen LogP contribution in [-0.4, -0.2) is 40.2 Å². The van der Waals surface area contributed by atoms with E-state index in [4.69, 9.17) is 17.4 Å². The molecule has 0 amide bonds. The lowest BCUT2D eigenvalue weighted by Crippen LogP contribution is -2.57. The summed E-state index contributed by atoms with van der Waals surface area (Å²) in [6.45, 7) is 19.8. The lowest BCUT2D eigenvalue weighted by Gasteiger charge is -2.46. The van der Waals surface area contributed by atoms with E-state index in [1.54, 1.807) is 0 Å². The number of hydrogen-bond donors (Lipinski definition) is 0. The third-order valence-electron chi connectivity index (χ3n) is 2.48. The van der Waals surface area contributed by atoms with Gasteiger partial charge in [0, 0.05) is 6.42 Å². The zero-order valence-electron chi connectivity index (χ0n) is 15.3. The van der Waals surface area contributed by atoms with Gasteiger partial charge in [-0.1, -0.05) is 0 Å². The summed E-state index contributed by atoms with van der Waals surface area (Å²) in [5, 5.41) is 0. The topological polar surface area (TPSA) is 36.9 Å². The summed E-state index contributed by atoms with van der Waals surface area (Å²) in [6.07, 6.45) is 1.89. The molecule has 0 aromatic heterocycles. The standard InChI is InChI=1S/C13H33O4Si4/c1-19(2,3)15-13(16-20(4,5)6)11-10-12-18(14-13)17-21(7,8)9/h10-12H2,1-9H3. The Morgan fingerprint density at radius 2 is 1.29 bits per heavy atom. The van der Waals surface area contributed by atoms with E-state index in [0.29, 0.717) is 0 Å². The Hall–Kier alpha value is 0.708. The van der Waals surface area contributed by atoms with Crippen LogP contribution in [0.5, 0.6) is 0 Å². The van der Waals surface area contributed by atoms with Crippen molar-refractivity contribution in [3.63, 3.8) is 0 Å². The van der Waals surface area contributed by atoms with Gasteiger partial charge in [0.05, 0.1) is 0 Å². The quantitative estimate of drug-likeness (QED) is 0.513. The van der Waals surface area contributed by atoms with Gasteiger partial charge in [-0.05, 0) is 71.4 Å². The monoisotopic (exact) mass is 365 g/mol. The van der Waals surface area contributed by atoms with Crippen LogP contribution in [0.25, 0.3) is 0 Å². The fourth-order valence-electron chi connectivity index (χ4n) is 2.24. The number of rotatable bonds is 6. The van der Waals surface area contributed by atoms with Gasteiger partial charge in [-0.25, -0.2) is 0 Å². The van der Waals surface area contributed by atoms with Gasteiger partial charge in [-0.15, -0.1) is 0 Å². The lowest BCUT2D eigenvalue weighted by molar-refractivity contribution is -0.281. The Bertz CT molecular complexity index is 328. The molecule has 1 radical (unpaired) electrons. The molecule has 1 saturated heterocycles. The van der Waals surface area contributed by atoms with Crippen LogP contribution in [0.4, 0.5) is 0 Å². The molecular formula is C13H33O4Si4. The molecule has 0 atom stereocenters. The minimum atomic E-state index is -1.76. The summed E-state index contributed by atoms with van der Waals surface area (Å²) < 4.78 is 25.3. The van der Waals surface area contributed by atoms with Crippen LogP contribution in [-0.2, 0) is 17.4 Å². The summed E-state index contributed by atoms with van der Waals surface area (Å²) in [5.41, 5.74) is 0. The molecule has 1 heterocycles. The average molecular weight is 366 g/mol. The van der Waals surface area contributed by atoms with Gasteiger partial charge in [0.25, 0.3) is 5.97 Å². The molecule has 21 heavy (non-hydrogen) atoms. The van der Waals surface area contributed by atoms with Gasteiger partial charge in [0.15, 0.2) is 25.0 Å². The van der Waals surface area contributed by atoms with Crippen LogP contribution >= 0.6 is 0 Å². The Kier molecular flexibility index (Phi) is 6.28. The average Bonchev–Trinajstić information content (AvgIpc) is 2.06. The molecular weight excluding hydrogens is 332 g/mol. The van der Waals surface area contributed by atoms with Crippen LogP contribution in [0.3, 0.4) is 0 Å². The largest absolute Gasteiger partial charge is 0.435 e. The first-order valence-electron chi connectivity index (χ1n) is 7.84. The van der Waals surface area contributed by atoms with E-state index in [9.17, 15) is 0 Å². The van der Waals surface area contributed by atoms with Crippen molar-refractivity contribution in [2.45, 2.75) is 83.8 Å². The van der Waals surface area contributed by atoms with E-state index in [-0.39, 0.29) is 0 Å². The number of hydrogen-bond acceptors (Lipinski definition) is 4. The highest BCUT2D eigenvalue weighted by Crippen LogP contribution is 2.36. The van der Waals surface area contributed by atoms with E-state index in [2.05, 4.69) is 58.9 Å². The van der Waals surface area contributed by atoms with E-state index in [1.807, 2.05) is 0 Å². The molecule has 1 aliphatic rings. The molecule has 1 rings (SSSR count). The molecule has 0 aromatic carbocycles. The van der Waals surface area contributed by atoms with E-state index >= 15 is 0 Å². The molecule has 4 nitrogen and oxygen atoms in total. The normalized spacial score (nSPS) is 21.6. The van der Waals surface area contributed by atoms with E-state index in [0.717, 1.165) is 18.9 Å². The van der Waals surface area contributed by atoms with Crippen LogP contribution in [0.2, 0.25) is 65.0 Å². The minimum Gasteiger partial charge on any atom is -0.435 e. The van der Waals surface area contributed by atoms with Crippen molar-refractivity contribution in [2.75, 3.05) is 0 Å². The molecule has 0 aromatic rings. The first kappa shape index (κ1) is 19.8. The molecule has 1 aliphatic heterocycles. The van der Waals surface area contributed by atoms with Crippen LogP contribution < -0.4 is 0 Å². The first-order valence-corrected chi connectivity index (χ1v) is 19.6. The molecule has 0 saturated carbocycles. The van der Waals surface area contributed by atoms with Crippen LogP contribution in [0.1, 0.15) is 12.8 Å². The lowest BCUT2D eigenvalue weighted by atomic mass is 10.3. The third-order valence-corrected chi connectivity index (χ3v) is 8.98. The van der Waals surface area contributed by atoms with Crippen molar-refractivity contribution in [3.8, 4) is 0 Å². The van der Waals surface area contributed by atoms with Gasteiger partial charge in [-0.3, -0.25) is 0 Å². The maximum Gasteiger partial charge on any atom is 0.377 e. The van der Waals surface area contributed by atoms with Gasteiger partial charge in [0.2, 0.25) is 0 Å². The molecule has 8 heteroatoms. The molecule has 1 fully saturated rings. The second-order valence-electron chi connectivity index (χ2n) is 8.65. The van der Waals surface area contributed by atoms with Crippen molar-refractivity contribution < 1.29 is 17.4 Å². The van der Waals surface area contributed by atoms with Crippen molar-refractivity contribution >= 4 is 34.2 Å². The highest BCUT2D eigenvalue weighted by molar-refractivity contribution is 6.76. The summed E-state index contributed by atoms with van der Waals surface area (Å²) in [6, 6.07) is 1.03. The molecule has 0 N–H and O–H groups in total. The smallest absolute Gasteiger partial charge is 0.377 e. The molecule has 0 spiro atoms. The predicted octanol–water partition coefficient (Wildman–Crippen LogP) is 4.49. The molecule has 0 unspecified atom stereocenters. The fourth-order valence-corrected chi connectivity index (χ4v) is 9.13. The van der Waals surface area contributed by atoms with Gasteiger partial charge in [0.1, 0.15) is 0 Å². The molecule has 125 valence electrons. The zero-order chi connectivity index (χ0) is 16.5. The highest BCUT2D eigenvalue weighted by atomic mass is 28.4. The Balaban J connectivity index is 2.90. The minimum absolute atomic E-state index is 0.824. The molecule has 0 bridgehead atoms. The van der Waals surface area contributed by atoms with Gasteiger partial charge < -0.3 is 17.4 Å². The van der Waals surface area contributed by atoms with Crippen molar-refractivity contribution in [1.29, 1.82) is 0 Å². The fraction of sp³-hybridized carbons (Fsp3) is 1.00. The predicted molar refractivity (Wildman–Crippen MR) is 96.9 cm³/mol.